The van der Waals surface area contributed by atoms with Crippen molar-refractivity contribution in [1.82, 2.24) is 0 Å². The molecule has 4 saturated carbocycles. The van der Waals surface area contributed by atoms with E-state index in [1.54, 1.807) is 6.92 Å². The molecule has 0 saturated heterocycles. The lowest BCUT2D eigenvalue weighted by atomic mass is 9.44. The molecule has 0 bridgehead atoms. The van der Waals surface area contributed by atoms with Crippen LogP contribution in [-0.4, -0.2) is 48.6 Å². The standard InChI is InChI=1S/C40H68O6/c1-26(2)9-8-10-27(3)34-15-16-35-33-14-13-32-21-30(17-19-39(32,6)36(33)18-20-40(34,35)7)11-12-31(24-45-37(43)28(4)22-41)25-46-38(44)29(5)23-42/h26-27,29-36,41-42H,4,8-25H2,1-3,5-7H3/t27-,29?,30+,31?,32?,33?,34-,35?,36?,39+,40-/m1/s1. The number of rotatable bonds is 16. The first kappa shape index (κ1) is 37.4. The molecular formula is C40H68O6. The van der Waals surface area contributed by atoms with Gasteiger partial charge in [0.25, 0.3) is 0 Å². The lowest BCUT2D eigenvalue weighted by Crippen LogP contribution is -2.53. The van der Waals surface area contributed by atoms with Crippen molar-refractivity contribution >= 4 is 11.9 Å². The molecule has 4 rings (SSSR count). The summed E-state index contributed by atoms with van der Waals surface area (Å²) in [4.78, 5) is 24.4. The maximum Gasteiger partial charge on any atom is 0.335 e. The number of aliphatic hydroxyl groups is 2. The van der Waals surface area contributed by atoms with E-state index in [4.69, 9.17) is 9.47 Å². The largest absolute Gasteiger partial charge is 0.465 e. The molecule has 0 heterocycles. The second kappa shape index (κ2) is 16.3. The van der Waals surface area contributed by atoms with Gasteiger partial charge in [-0.1, -0.05) is 60.5 Å². The Labute approximate surface area is 280 Å². The topological polar surface area (TPSA) is 93.1 Å². The van der Waals surface area contributed by atoms with Crippen molar-refractivity contribution < 1.29 is 29.3 Å². The molecule has 0 aromatic carbocycles. The highest BCUT2D eigenvalue weighted by molar-refractivity contribution is 5.87. The molecule has 0 aromatic rings. The van der Waals surface area contributed by atoms with Crippen LogP contribution in [0.5, 0.6) is 0 Å². The monoisotopic (exact) mass is 645 g/mol. The van der Waals surface area contributed by atoms with Crippen LogP contribution in [0.3, 0.4) is 0 Å². The molecule has 0 amide bonds. The average Bonchev–Trinajstić information content (AvgIpc) is 3.40. The minimum Gasteiger partial charge on any atom is -0.465 e. The van der Waals surface area contributed by atoms with Gasteiger partial charge in [-0.3, -0.25) is 4.79 Å². The van der Waals surface area contributed by atoms with Crippen LogP contribution < -0.4 is 0 Å². The first-order valence-electron chi connectivity index (χ1n) is 19.1. The zero-order chi connectivity index (χ0) is 33.6. The number of hydrogen-bond donors (Lipinski definition) is 2. The lowest BCUT2D eigenvalue weighted by molar-refractivity contribution is -0.152. The van der Waals surface area contributed by atoms with E-state index in [9.17, 15) is 19.8 Å². The average molecular weight is 645 g/mol. The molecule has 6 heteroatoms. The van der Waals surface area contributed by atoms with E-state index in [2.05, 4.69) is 41.2 Å². The van der Waals surface area contributed by atoms with E-state index in [-0.39, 0.29) is 31.3 Å². The van der Waals surface area contributed by atoms with Gasteiger partial charge < -0.3 is 19.7 Å². The van der Waals surface area contributed by atoms with E-state index in [0.717, 1.165) is 54.3 Å². The van der Waals surface area contributed by atoms with Crippen LogP contribution in [0, 0.1) is 70.0 Å². The van der Waals surface area contributed by atoms with Crippen LogP contribution in [0.1, 0.15) is 131 Å². The first-order valence-corrected chi connectivity index (χ1v) is 19.1. The second-order valence-electron chi connectivity index (χ2n) is 17.3. The Hall–Kier alpha value is -1.40. The smallest absolute Gasteiger partial charge is 0.335 e. The van der Waals surface area contributed by atoms with Gasteiger partial charge in [-0.05, 0) is 136 Å². The Morgan fingerprint density at radius 1 is 0.848 bits per heavy atom. The van der Waals surface area contributed by atoms with Crippen molar-refractivity contribution in [3.05, 3.63) is 12.2 Å². The van der Waals surface area contributed by atoms with Crippen molar-refractivity contribution in [3.63, 3.8) is 0 Å². The van der Waals surface area contributed by atoms with Crippen molar-refractivity contribution in [1.29, 1.82) is 0 Å². The molecule has 0 aromatic heterocycles. The maximum absolute atomic E-state index is 12.3. The van der Waals surface area contributed by atoms with Gasteiger partial charge in [0.1, 0.15) is 0 Å². The third kappa shape index (κ3) is 8.41. The van der Waals surface area contributed by atoms with Crippen molar-refractivity contribution in [2.45, 2.75) is 131 Å². The predicted molar refractivity (Wildman–Crippen MR) is 184 cm³/mol. The fourth-order valence-electron chi connectivity index (χ4n) is 11.1. The van der Waals surface area contributed by atoms with Gasteiger partial charge in [0, 0.05) is 5.92 Å². The summed E-state index contributed by atoms with van der Waals surface area (Å²) in [7, 11) is 0. The highest BCUT2D eigenvalue weighted by Gasteiger charge is 2.60. The molecule has 6 nitrogen and oxygen atoms in total. The van der Waals surface area contributed by atoms with Crippen LogP contribution in [-0.2, 0) is 19.1 Å². The minimum atomic E-state index is -0.606. The molecule has 46 heavy (non-hydrogen) atoms. The van der Waals surface area contributed by atoms with E-state index in [0.29, 0.717) is 16.7 Å². The number of hydrogen-bond acceptors (Lipinski definition) is 6. The Balaban J connectivity index is 1.33. The number of carbonyl (C=O) groups is 2. The molecule has 0 radical (unpaired) electrons. The molecule has 4 aliphatic rings. The van der Waals surface area contributed by atoms with E-state index in [1.807, 2.05) is 0 Å². The van der Waals surface area contributed by atoms with Gasteiger partial charge in [-0.25, -0.2) is 4.79 Å². The lowest BCUT2D eigenvalue weighted by Gasteiger charge is -2.61. The number of esters is 2. The summed E-state index contributed by atoms with van der Waals surface area (Å²) in [6.45, 7) is 17.5. The SMILES string of the molecule is C=C(CO)C(=O)OCC(CC[C@H]1CC[C@@]2(C)C(CCC3C2CC[C@@]2(C)C3CC[C@@H]2[C@H](C)CCCC(C)C)C1)COC(=O)C(C)CO. The molecule has 6 unspecified atom stereocenters. The predicted octanol–water partition coefficient (Wildman–Crippen LogP) is 8.38. The summed E-state index contributed by atoms with van der Waals surface area (Å²) in [6.07, 6.45) is 18.4. The van der Waals surface area contributed by atoms with Crippen LogP contribution in [0.25, 0.3) is 0 Å². The summed E-state index contributed by atoms with van der Waals surface area (Å²) in [6, 6.07) is 0. The van der Waals surface area contributed by atoms with E-state index < -0.39 is 24.5 Å². The van der Waals surface area contributed by atoms with E-state index >= 15 is 0 Å². The fourth-order valence-corrected chi connectivity index (χ4v) is 11.1. The third-order valence-electron chi connectivity index (χ3n) is 14.0. The molecule has 4 fully saturated rings. The number of carbonyl (C=O) groups excluding carboxylic acids is 2. The molecule has 4 aliphatic carbocycles. The van der Waals surface area contributed by atoms with Gasteiger partial charge >= 0.3 is 11.9 Å². The summed E-state index contributed by atoms with van der Waals surface area (Å²) >= 11 is 0. The Morgan fingerprint density at radius 2 is 1.54 bits per heavy atom. The highest BCUT2D eigenvalue weighted by atomic mass is 16.5. The summed E-state index contributed by atoms with van der Waals surface area (Å²) < 4.78 is 10.9. The fraction of sp³-hybridized carbons (Fsp3) is 0.900. The zero-order valence-corrected chi connectivity index (χ0v) is 30.2. The Morgan fingerprint density at radius 3 is 2.24 bits per heavy atom. The normalized spacial score (nSPS) is 35.8. The van der Waals surface area contributed by atoms with E-state index in [1.165, 1.54) is 77.0 Å². The third-order valence-corrected chi connectivity index (χ3v) is 14.0. The molecule has 0 spiro atoms. The number of ether oxygens (including phenoxy) is 2. The maximum atomic E-state index is 12.3. The quantitative estimate of drug-likeness (QED) is 0.130. The summed E-state index contributed by atoms with van der Waals surface area (Å²) in [5.41, 5.74) is 1.02. The number of fused-ring (bicyclic) bond motifs is 5. The zero-order valence-electron chi connectivity index (χ0n) is 30.2. The van der Waals surface area contributed by atoms with Gasteiger partial charge in [0.2, 0.25) is 0 Å². The van der Waals surface area contributed by atoms with Gasteiger partial charge in [-0.2, -0.15) is 0 Å². The first-order chi connectivity index (χ1) is 21.8. The van der Waals surface area contributed by atoms with Crippen LogP contribution in [0.2, 0.25) is 0 Å². The molecular weight excluding hydrogens is 576 g/mol. The Bertz CT molecular complexity index is 1020. The van der Waals surface area contributed by atoms with Gasteiger partial charge in [0.15, 0.2) is 0 Å². The van der Waals surface area contributed by atoms with Crippen LogP contribution in [0.15, 0.2) is 12.2 Å². The molecule has 0 aliphatic heterocycles. The summed E-state index contributed by atoms with van der Waals surface area (Å²) in [5, 5.41) is 18.6. The van der Waals surface area contributed by atoms with Gasteiger partial charge in [0.05, 0.1) is 37.9 Å². The molecule has 11 atom stereocenters. The highest BCUT2D eigenvalue weighted by Crippen LogP contribution is 2.68. The van der Waals surface area contributed by atoms with Crippen LogP contribution >= 0.6 is 0 Å². The minimum absolute atomic E-state index is 0.0270. The van der Waals surface area contributed by atoms with Crippen molar-refractivity contribution in [3.8, 4) is 0 Å². The molecule has 2 N–H and O–H groups in total. The molecule has 264 valence electrons. The summed E-state index contributed by atoms with van der Waals surface area (Å²) in [5.74, 6) is 4.99. The number of aliphatic hydroxyl groups excluding tert-OH is 2. The second-order valence-corrected chi connectivity index (χ2v) is 17.3. The van der Waals surface area contributed by atoms with Crippen molar-refractivity contribution in [2.24, 2.45) is 70.0 Å². The van der Waals surface area contributed by atoms with Gasteiger partial charge in [-0.15, -0.1) is 0 Å². The van der Waals surface area contributed by atoms with Crippen molar-refractivity contribution in [2.75, 3.05) is 26.4 Å². The Kier molecular flexibility index (Phi) is 13.3. The van der Waals surface area contributed by atoms with Crippen LogP contribution in [0.4, 0.5) is 0 Å².